The van der Waals surface area contributed by atoms with Gasteiger partial charge in [-0.25, -0.2) is 15.0 Å². The average Bonchev–Trinajstić information content (AvgIpc) is 3.73. The molecule has 1 aliphatic heterocycles. The molecule has 0 bridgehead atoms. The van der Waals surface area contributed by atoms with Gasteiger partial charge < -0.3 is 14.2 Å². The van der Waals surface area contributed by atoms with Crippen molar-refractivity contribution in [2.24, 2.45) is 5.92 Å². The maximum atomic E-state index is 9.66. The Balaban J connectivity index is 1.35. The lowest BCUT2D eigenvalue weighted by Crippen LogP contribution is -2.26. The first-order chi connectivity index (χ1) is 19.8. The first-order valence-electron chi connectivity index (χ1n) is 13.7. The summed E-state index contributed by atoms with van der Waals surface area (Å²) in [4.78, 5) is 15.5. The fraction of sp³-hybridized carbons (Fsp3) is 0.414. The molecule has 5 heterocycles. The Hall–Kier alpha value is -4.57. The fourth-order valence-electron chi connectivity index (χ4n) is 5.28. The van der Waals surface area contributed by atoms with E-state index in [9.17, 15) is 15.8 Å². The van der Waals surface area contributed by atoms with Crippen LogP contribution in [0.2, 0.25) is 25.7 Å². The molecule has 1 aliphatic rings. The van der Waals surface area contributed by atoms with Gasteiger partial charge in [-0.05, 0) is 24.6 Å². The van der Waals surface area contributed by atoms with Gasteiger partial charge in [0.05, 0.1) is 36.0 Å². The molecule has 5 rings (SSSR count). The van der Waals surface area contributed by atoms with E-state index in [-0.39, 0.29) is 17.5 Å². The number of pyridine rings is 1. The molecule has 41 heavy (non-hydrogen) atoms. The smallest absolute Gasteiger partial charge is 0.147 e. The molecule has 0 N–H and O–H groups in total. The molecule has 4 aromatic rings. The highest BCUT2D eigenvalue weighted by atomic mass is 28.3. The van der Waals surface area contributed by atoms with Crippen molar-refractivity contribution in [3.05, 3.63) is 54.4 Å². The van der Waals surface area contributed by atoms with Gasteiger partial charge in [0.2, 0.25) is 0 Å². The minimum Gasteiger partial charge on any atom is -0.361 e. The SMILES string of the molecule is C[Si](C)(C)CCOCn1ccc2c(-c3cnn(C(CC#N)C4CCN(c5nccc(C#N)c5C#N)C4)c3)ncnc21. The summed E-state index contributed by atoms with van der Waals surface area (Å²) in [6.45, 7) is 9.46. The third-order valence-electron chi connectivity index (χ3n) is 7.53. The van der Waals surface area contributed by atoms with Crippen LogP contribution >= 0.6 is 0 Å². The summed E-state index contributed by atoms with van der Waals surface area (Å²) >= 11 is 0. The standard InChI is InChI=1S/C29H32N10OSi/c1-41(2,3)13-12-40-20-38-11-7-24-27(34-19-35-28(24)38)23-16-36-39(18-23)26(4-8-30)22-6-10-37(17-22)29-25(15-32)21(14-31)5-9-33-29/h5,7,9,11,16,18-19,22,26H,4,6,10,12-13,17,20H2,1-3H3. The summed E-state index contributed by atoms with van der Waals surface area (Å²) in [5.41, 5.74) is 3.03. The monoisotopic (exact) mass is 564 g/mol. The minimum atomic E-state index is -1.16. The van der Waals surface area contributed by atoms with Crippen LogP contribution in [0.1, 0.15) is 30.0 Å². The zero-order chi connectivity index (χ0) is 29.0. The quantitative estimate of drug-likeness (QED) is 0.197. The summed E-state index contributed by atoms with van der Waals surface area (Å²) in [5.74, 6) is 0.629. The first-order valence-corrected chi connectivity index (χ1v) is 17.4. The lowest BCUT2D eigenvalue weighted by molar-refractivity contribution is 0.0899. The van der Waals surface area contributed by atoms with Crippen LogP contribution in [0.4, 0.5) is 5.82 Å². The van der Waals surface area contributed by atoms with Crippen molar-refractivity contribution >= 4 is 24.9 Å². The molecule has 12 heteroatoms. The Labute approximate surface area is 240 Å². The van der Waals surface area contributed by atoms with Gasteiger partial charge in [0.25, 0.3) is 0 Å². The van der Waals surface area contributed by atoms with Crippen molar-refractivity contribution in [2.45, 2.75) is 51.3 Å². The summed E-state index contributed by atoms with van der Waals surface area (Å²) in [5, 5.41) is 34.3. The third-order valence-corrected chi connectivity index (χ3v) is 9.23. The van der Waals surface area contributed by atoms with Crippen molar-refractivity contribution in [3.8, 4) is 29.5 Å². The van der Waals surface area contributed by atoms with Crippen LogP contribution in [-0.2, 0) is 11.5 Å². The van der Waals surface area contributed by atoms with Crippen LogP contribution < -0.4 is 4.90 Å². The third kappa shape index (κ3) is 5.97. The van der Waals surface area contributed by atoms with E-state index >= 15 is 0 Å². The van der Waals surface area contributed by atoms with Gasteiger partial charge in [0.1, 0.15) is 42.2 Å². The van der Waals surface area contributed by atoms with E-state index < -0.39 is 8.07 Å². The number of hydrogen-bond acceptors (Lipinski definition) is 9. The molecule has 2 atom stereocenters. The largest absolute Gasteiger partial charge is 0.361 e. The summed E-state index contributed by atoms with van der Waals surface area (Å²) < 4.78 is 9.80. The van der Waals surface area contributed by atoms with E-state index in [0.29, 0.717) is 37.6 Å². The molecular weight excluding hydrogens is 532 g/mol. The zero-order valence-electron chi connectivity index (χ0n) is 23.5. The molecule has 1 saturated heterocycles. The Bertz CT molecular complexity index is 1670. The highest BCUT2D eigenvalue weighted by Crippen LogP contribution is 2.35. The highest BCUT2D eigenvalue weighted by Gasteiger charge is 2.33. The maximum Gasteiger partial charge on any atom is 0.147 e. The van der Waals surface area contributed by atoms with Crippen molar-refractivity contribution in [2.75, 3.05) is 24.6 Å². The Kier molecular flexibility index (Phi) is 8.11. The Morgan fingerprint density at radius 2 is 1.98 bits per heavy atom. The molecule has 0 aliphatic carbocycles. The van der Waals surface area contributed by atoms with E-state index in [1.54, 1.807) is 24.8 Å². The van der Waals surface area contributed by atoms with Crippen LogP contribution in [0.25, 0.3) is 22.3 Å². The van der Waals surface area contributed by atoms with Crippen molar-refractivity contribution in [1.29, 1.82) is 15.8 Å². The lowest BCUT2D eigenvalue weighted by Gasteiger charge is -2.23. The predicted octanol–water partition coefficient (Wildman–Crippen LogP) is 4.73. The normalized spacial score (nSPS) is 15.9. The second kappa shape index (κ2) is 11.9. The minimum absolute atomic E-state index is 0.112. The number of ether oxygens (including phenoxy) is 1. The number of anilines is 1. The molecule has 0 aromatic carbocycles. The molecule has 208 valence electrons. The molecular formula is C29H32N10OSi. The second-order valence-electron chi connectivity index (χ2n) is 11.5. The van der Waals surface area contributed by atoms with Gasteiger partial charge in [-0.3, -0.25) is 4.68 Å². The van der Waals surface area contributed by atoms with Crippen molar-refractivity contribution in [3.63, 3.8) is 0 Å². The Morgan fingerprint density at radius 1 is 1.12 bits per heavy atom. The second-order valence-corrected chi connectivity index (χ2v) is 17.1. The molecule has 0 spiro atoms. The van der Waals surface area contributed by atoms with E-state index in [2.05, 4.69) is 57.9 Å². The number of nitrogens with zero attached hydrogens (tertiary/aromatic N) is 10. The van der Waals surface area contributed by atoms with Crippen LogP contribution in [0.5, 0.6) is 0 Å². The molecule has 2 unspecified atom stereocenters. The van der Waals surface area contributed by atoms with Gasteiger partial charge in [0, 0.05) is 63.2 Å². The zero-order valence-corrected chi connectivity index (χ0v) is 24.5. The van der Waals surface area contributed by atoms with Crippen molar-refractivity contribution < 1.29 is 4.74 Å². The predicted molar refractivity (Wildman–Crippen MR) is 156 cm³/mol. The van der Waals surface area contributed by atoms with Gasteiger partial charge in [0.15, 0.2) is 0 Å². The summed E-state index contributed by atoms with van der Waals surface area (Å²) in [6.07, 6.45) is 9.92. The molecule has 0 radical (unpaired) electrons. The van der Waals surface area contributed by atoms with Crippen LogP contribution in [0.15, 0.2) is 43.2 Å². The molecule has 0 saturated carbocycles. The van der Waals surface area contributed by atoms with Crippen LogP contribution in [0, 0.1) is 39.9 Å². The summed E-state index contributed by atoms with van der Waals surface area (Å²) in [6, 6.07) is 11.0. The van der Waals surface area contributed by atoms with Gasteiger partial charge in [-0.15, -0.1) is 0 Å². The average molecular weight is 565 g/mol. The lowest BCUT2D eigenvalue weighted by atomic mass is 9.96. The number of rotatable bonds is 10. The van der Waals surface area contributed by atoms with E-state index in [1.165, 1.54) is 0 Å². The van der Waals surface area contributed by atoms with Crippen LogP contribution in [-0.4, -0.2) is 57.1 Å². The van der Waals surface area contributed by atoms with E-state index in [4.69, 9.17) is 4.74 Å². The number of nitriles is 3. The number of fused-ring (bicyclic) bond motifs is 1. The van der Waals surface area contributed by atoms with Gasteiger partial charge in [-0.2, -0.15) is 20.9 Å². The number of hydrogen-bond donors (Lipinski definition) is 0. The highest BCUT2D eigenvalue weighted by molar-refractivity contribution is 6.76. The van der Waals surface area contributed by atoms with Gasteiger partial charge in [-0.1, -0.05) is 19.6 Å². The molecule has 11 nitrogen and oxygen atoms in total. The Morgan fingerprint density at radius 3 is 2.73 bits per heavy atom. The van der Waals surface area contributed by atoms with E-state index in [0.717, 1.165) is 41.4 Å². The topological polar surface area (TPSA) is 145 Å². The first kappa shape index (κ1) is 28.0. The van der Waals surface area contributed by atoms with Crippen molar-refractivity contribution in [1.82, 2.24) is 29.3 Å². The number of aromatic nitrogens is 6. The van der Waals surface area contributed by atoms with Crippen LogP contribution in [0.3, 0.4) is 0 Å². The molecule has 1 fully saturated rings. The molecule has 0 amide bonds. The summed E-state index contributed by atoms with van der Waals surface area (Å²) in [7, 11) is -1.16. The fourth-order valence-corrected chi connectivity index (χ4v) is 6.03. The van der Waals surface area contributed by atoms with Gasteiger partial charge >= 0.3 is 0 Å². The molecule has 4 aromatic heterocycles. The van der Waals surface area contributed by atoms with E-state index in [1.807, 2.05) is 32.6 Å². The maximum absolute atomic E-state index is 9.66.